The second-order valence-corrected chi connectivity index (χ2v) is 6.67. The Morgan fingerprint density at radius 3 is 2.69 bits per heavy atom. The van der Waals surface area contributed by atoms with Crippen molar-refractivity contribution in [2.45, 2.75) is 13.5 Å². The fraction of sp³-hybridized carbons (Fsp3) is 0.211. The number of carbonyl (C=O) groups is 2. The second-order valence-electron chi connectivity index (χ2n) is 5.81. The Hall–Kier alpha value is -2.93. The van der Waals surface area contributed by atoms with Crippen LogP contribution in [0.25, 0.3) is 10.6 Å². The Balaban J connectivity index is 1.55. The van der Waals surface area contributed by atoms with Crippen LogP contribution in [0.4, 0.5) is 0 Å². The maximum Gasteiger partial charge on any atom is 0.358 e. The molecular formula is C19H18N2O4S. The van der Waals surface area contributed by atoms with Gasteiger partial charge in [-0.05, 0) is 19.1 Å². The maximum atomic E-state index is 12.1. The predicted molar refractivity (Wildman–Crippen MR) is 97.8 cm³/mol. The average molecular weight is 370 g/mol. The third kappa shape index (κ3) is 4.37. The lowest BCUT2D eigenvalue weighted by molar-refractivity contribution is -0.134. The molecule has 26 heavy (non-hydrogen) atoms. The Kier molecular flexibility index (Phi) is 5.48. The molecule has 0 saturated carbocycles. The minimum atomic E-state index is -0.612. The monoisotopic (exact) mass is 370 g/mol. The minimum Gasteiger partial charge on any atom is -0.467 e. The first-order chi connectivity index (χ1) is 12.5. The van der Waals surface area contributed by atoms with Gasteiger partial charge in [-0.3, -0.25) is 4.79 Å². The lowest BCUT2D eigenvalue weighted by Crippen LogP contribution is -2.30. The van der Waals surface area contributed by atoms with Crippen LogP contribution in [-0.2, 0) is 16.1 Å². The Morgan fingerprint density at radius 2 is 2.00 bits per heavy atom. The smallest absolute Gasteiger partial charge is 0.358 e. The third-order valence-corrected chi connectivity index (χ3v) is 4.63. The van der Waals surface area contributed by atoms with E-state index in [1.165, 1.54) is 16.2 Å². The van der Waals surface area contributed by atoms with Gasteiger partial charge < -0.3 is 14.1 Å². The van der Waals surface area contributed by atoms with E-state index in [9.17, 15) is 9.59 Å². The summed E-state index contributed by atoms with van der Waals surface area (Å²) in [7, 11) is 1.62. The van der Waals surface area contributed by atoms with Gasteiger partial charge in [0.25, 0.3) is 5.91 Å². The molecule has 1 aromatic carbocycles. The number of esters is 1. The summed E-state index contributed by atoms with van der Waals surface area (Å²) >= 11 is 1.36. The molecular weight excluding hydrogens is 352 g/mol. The van der Waals surface area contributed by atoms with Crippen LogP contribution in [0.5, 0.6) is 0 Å². The number of benzene rings is 1. The van der Waals surface area contributed by atoms with Crippen LogP contribution in [0.15, 0.2) is 52.5 Å². The summed E-state index contributed by atoms with van der Waals surface area (Å²) in [6.45, 7) is 1.99. The van der Waals surface area contributed by atoms with Crippen LogP contribution in [0.3, 0.4) is 0 Å². The zero-order valence-electron chi connectivity index (χ0n) is 14.5. The van der Waals surface area contributed by atoms with Crippen molar-refractivity contribution >= 4 is 23.2 Å². The van der Waals surface area contributed by atoms with Crippen LogP contribution in [0.1, 0.15) is 21.8 Å². The predicted octanol–water partition coefficient (Wildman–Crippen LogP) is 3.53. The SMILES string of the molecule is Cc1ccc(-c2nc(C(=O)OCC(=O)N(C)Cc3ccco3)cs2)cc1. The van der Waals surface area contributed by atoms with Crippen LogP contribution in [0, 0.1) is 6.92 Å². The number of thiazole rings is 1. The molecule has 3 rings (SSSR count). The van der Waals surface area contributed by atoms with Gasteiger partial charge in [0, 0.05) is 18.0 Å². The highest BCUT2D eigenvalue weighted by atomic mass is 32.1. The Morgan fingerprint density at radius 1 is 1.23 bits per heavy atom. The molecule has 0 bridgehead atoms. The number of ether oxygens (including phenoxy) is 1. The van der Waals surface area contributed by atoms with E-state index in [2.05, 4.69) is 4.98 Å². The summed E-state index contributed by atoms with van der Waals surface area (Å²) in [6.07, 6.45) is 1.54. The molecule has 6 nitrogen and oxygen atoms in total. The van der Waals surface area contributed by atoms with Gasteiger partial charge in [0.1, 0.15) is 10.8 Å². The summed E-state index contributed by atoms with van der Waals surface area (Å²) in [5.41, 5.74) is 2.29. The first-order valence-corrected chi connectivity index (χ1v) is 8.87. The van der Waals surface area contributed by atoms with Crippen LogP contribution in [0.2, 0.25) is 0 Å². The third-order valence-electron chi connectivity index (χ3n) is 3.74. The highest BCUT2D eigenvalue weighted by Gasteiger charge is 2.17. The molecule has 0 radical (unpaired) electrons. The van der Waals surface area contributed by atoms with Gasteiger partial charge in [-0.25, -0.2) is 9.78 Å². The van der Waals surface area contributed by atoms with Gasteiger partial charge >= 0.3 is 5.97 Å². The summed E-state index contributed by atoms with van der Waals surface area (Å²) in [6, 6.07) is 11.4. The summed E-state index contributed by atoms with van der Waals surface area (Å²) in [4.78, 5) is 29.9. The molecule has 0 fully saturated rings. The van der Waals surface area contributed by atoms with E-state index in [0.717, 1.165) is 16.1 Å². The lowest BCUT2D eigenvalue weighted by Gasteiger charge is -2.15. The van der Waals surface area contributed by atoms with Crippen molar-refractivity contribution in [3.05, 3.63) is 65.1 Å². The fourth-order valence-corrected chi connectivity index (χ4v) is 3.03. The van der Waals surface area contributed by atoms with Crippen molar-refractivity contribution in [2.24, 2.45) is 0 Å². The largest absolute Gasteiger partial charge is 0.467 e. The topological polar surface area (TPSA) is 72.6 Å². The number of hydrogen-bond acceptors (Lipinski definition) is 6. The summed E-state index contributed by atoms with van der Waals surface area (Å²) < 4.78 is 10.3. The number of carbonyl (C=O) groups excluding carboxylic acids is 2. The van der Waals surface area contributed by atoms with E-state index < -0.39 is 5.97 Å². The van der Waals surface area contributed by atoms with E-state index in [4.69, 9.17) is 9.15 Å². The molecule has 0 saturated heterocycles. The molecule has 0 unspecified atom stereocenters. The molecule has 0 aliphatic carbocycles. The first kappa shape index (κ1) is 17.9. The second kappa shape index (κ2) is 7.97. The number of aromatic nitrogens is 1. The molecule has 2 heterocycles. The van der Waals surface area contributed by atoms with Crippen molar-refractivity contribution in [2.75, 3.05) is 13.7 Å². The maximum absolute atomic E-state index is 12.1. The van der Waals surface area contributed by atoms with Crippen molar-refractivity contribution in [3.63, 3.8) is 0 Å². The number of likely N-dealkylation sites (N-methyl/N-ethyl adjacent to an activating group) is 1. The molecule has 0 spiro atoms. The molecule has 7 heteroatoms. The zero-order valence-corrected chi connectivity index (χ0v) is 15.3. The first-order valence-electron chi connectivity index (χ1n) is 7.99. The standard InChI is InChI=1S/C19H18N2O4S/c1-13-5-7-14(8-6-13)18-20-16(12-26-18)19(23)25-11-17(22)21(2)10-15-4-3-9-24-15/h3-9,12H,10-11H2,1-2H3. The average Bonchev–Trinajstić information content (AvgIpc) is 3.32. The number of furan rings is 1. The Labute approximate surface area is 155 Å². The van der Waals surface area contributed by atoms with E-state index >= 15 is 0 Å². The molecule has 2 aromatic heterocycles. The summed E-state index contributed by atoms with van der Waals surface area (Å²) in [5.74, 6) is -0.266. The fourth-order valence-electron chi connectivity index (χ4n) is 2.23. The van der Waals surface area contributed by atoms with E-state index in [1.807, 2.05) is 31.2 Å². The van der Waals surface area contributed by atoms with Gasteiger partial charge in [-0.1, -0.05) is 29.8 Å². The van der Waals surface area contributed by atoms with Gasteiger partial charge in [0.15, 0.2) is 12.3 Å². The lowest BCUT2D eigenvalue weighted by atomic mass is 10.2. The van der Waals surface area contributed by atoms with Crippen molar-refractivity contribution in [3.8, 4) is 10.6 Å². The highest BCUT2D eigenvalue weighted by Crippen LogP contribution is 2.24. The molecule has 0 aliphatic rings. The molecule has 0 aliphatic heterocycles. The van der Waals surface area contributed by atoms with E-state index in [0.29, 0.717) is 12.3 Å². The number of amides is 1. The molecule has 134 valence electrons. The quantitative estimate of drug-likeness (QED) is 0.621. The van der Waals surface area contributed by atoms with Crippen LogP contribution < -0.4 is 0 Å². The number of rotatable bonds is 6. The van der Waals surface area contributed by atoms with Crippen molar-refractivity contribution in [1.82, 2.24) is 9.88 Å². The summed E-state index contributed by atoms with van der Waals surface area (Å²) in [5, 5.41) is 2.37. The van der Waals surface area contributed by atoms with Crippen molar-refractivity contribution in [1.29, 1.82) is 0 Å². The number of hydrogen-bond donors (Lipinski definition) is 0. The molecule has 0 N–H and O–H groups in total. The zero-order chi connectivity index (χ0) is 18.5. The minimum absolute atomic E-state index is 0.201. The molecule has 0 atom stereocenters. The molecule has 1 amide bonds. The van der Waals surface area contributed by atoms with Gasteiger partial charge in [0.05, 0.1) is 12.8 Å². The van der Waals surface area contributed by atoms with Crippen molar-refractivity contribution < 1.29 is 18.7 Å². The highest BCUT2D eigenvalue weighted by molar-refractivity contribution is 7.13. The number of nitrogens with zero attached hydrogens (tertiary/aromatic N) is 2. The van der Waals surface area contributed by atoms with Crippen LogP contribution >= 0.6 is 11.3 Å². The van der Waals surface area contributed by atoms with Gasteiger partial charge in [0.2, 0.25) is 0 Å². The Bertz CT molecular complexity index is 885. The van der Waals surface area contributed by atoms with E-state index in [-0.39, 0.29) is 18.2 Å². The normalized spacial score (nSPS) is 10.5. The van der Waals surface area contributed by atoms with Gasteiger partial charge in [-0.15, -0.1) is 11.3 Å². The number of aryl methyl sites for hydroxylation is 1. The van der Waals surface area contributed by atoms with Crippen LogP contribution in [-0.4, -0.2) is 35.4 Å². The molecule has 3 aromatic rings. The van der Waals surface area contributed by atoms with Gasteiger partial charge in [-0.2, -0.15) is 0 Å². The van der Waals surface area contributed by atoms with E-state index in [1.54, 1.807) is 30.8 Å².